The third kappa shape index (κ3) is 4.64. The van der Waals surface area contributed by atoms with Gasteiger partial charge in [0.1, 0.15) is 6.17 Å². The average molecular weight is 305 g/mol. The largest absolute Gasteiger partial charge is 0.325 e. The number of amides is 1. The summed E-state index contributed by atoms with van der Waals surface area (Å²) in [5.74, 6) is -0.143. The Bertz CT molecular complexity index is 442. The number of alkyl halides is 1. The number of nitrogens with zero attached hydrogens (tertiary/aromatic N) is 1. The predicted molar refractivity (Wildman–Crippen MR) is 75.7 cm³/mol. The molecule has 1 aromatic rings. The summed E-state index contributed by atoms with van der Waals surface area (Å²) < 4.78 is 13.0. The molecule has 0 atom stereocenters. The van der Waals surface area contributed by atoms with Crippen LogP contribution in [-0.4, -0.2) is 36.6 Å². The molecule has 0 aliphatic carbocycles. The van der Waals surface area contributed by atoms with E-state index in [1.165, 1.54) is 0 Å². The molecule has 1 aromatic carbocycles. The van der Waals surface area contributed by atoms with Gasteiger partial charge in [-0.05, 0) is 31.0 Å². The molecule has 104 valence electrons. The molecule has 1 aliphatic rings. The van der Waals surface area contributed by atoms with Crippen LogP contribution >= 0.6 is 23.2 Å². The highest BCUT2D eigenvalue weighted by Crippen LogP contribution is 2.22. The van der Waals surface area contributed by atoms with Crippen molar-refractivity contribution in [1.29, 1.82) is 0 Å². The van der Waals surface area contributed by atoms with Crippen LogP contribution in [0.2, 0.25) is 10.0 Å². The second kappa shape index (κ2) is 6.55. The van der Waals surface area contributed by atoms with E-state index in [0.717, 1.165) is 0 Å². The molecular weight excluding hydrogens is 290 g/mol. The first-order valence-electron chi connectivity index (χ1n) is 6.15. The Morgan fingerprint density at radius 3 is 2.42 bits per heavy atom. The highest BCUT2D eigenvalue weighted by molar-refractivity contribution is 6.35. The van der Waals surface area contributed by atoms with Gasteiger partial charge in [-0.1, -0.05) is 23.2 Å². The number of rotatable bonds is 3. The number of hydrogen-bond donors (Lipinski definition) is 1. The van der Waals surface area contributed by atoms with Crippen LogP contribution in [0.1, 0.15) is 12.8 Å². The zero-order valence-electron chi connectivity index (χ0n) is 10.3. The zero-order valence-corrected chi connectivity index (χ0v) is 11.8. The number of hydrogen-bond acceptors (Lipinski definition) is 2. The molecule has 0 bridgehead atoms. The SMILES string of the molecule is O=C(CN1CCC(F)CC1)Nc1cc(Cl)cc(Cl)c1. The van der Waals surface area contributed by atoms with Crippen LogP contribution in [0.3, 0.4) is 0 Å². The van der Waals surface area contributed by atoms with Crippen molar-refractivity contribution in [3.63, 3.8) is 0 Å². The van der Waals surface area contributed by atoms with Crippen molar-refractivity contribution in [2.75, 3.05) is 25.0 Å². The maximum atomic E-state index is 13.0. The third-order valence-corrected chi connectivity index (χ3v) is 3.47. The van der Waals surface area contributed by atoms with Gasteiger partial charge in [0.15, 0.2) is 0 Å². The summed E-state index contributed by atoms with van der Waals surface area (Å²) in [5, 5.41) is 3.69. The van der Waals surface area contributed by atoms with Gasteiger partial charge in [0.2, 0.25) is 5.91 Å². The van der Waals surface area contributed by atoms with Crippen molar-refractivity contribution in [1.82, 2.24) is 4.90 Å². The molecule has 1 aliphatic heterocycles. The second-order valence-corrected chi connectivity index (χ2v) is 5.53. The summed E-state index contributed by atoms with van der Waals surface area (Å²) in [6, 6.07) is 4.88. The lowest BCUT2D eigenvalue weighted by Gasteiger charge is -2.27. The first-order chi connectivity index (χ1) is 9.02. The van der Waals surface area contributed by atoms with E-state index in [0.29, 0.717) is 41.7 Å². The van der Waals surface area contributed by atoms with E-state index in [-0.39, 0.29) is 12.5 Å². The van der Waals surface area contributed by atoms with Gasteiger partial charge < -0.3 is 5.32 Å². The number of anilines is 1. The van der Waals surface area contributed by atoms with Crippen molar-refractivity contribution in [3.05, 3.63) is 28.2 Å². The number of carbonyl (C=O) groups excluding carboxylic acids is 1. The summed E-state index contributed by atoms with van der Waals surface area (Å²) in [5.41, 5.74) is 0.572. The first-order valence-corrected chi connectivity index (χ1v) is 6.91. The maximum absolute atomic E-state index is 13.0. The van der Waals surface area contributed by atoms with Crippen molar-refractivity contribution >= 4 is 34.8 Å². The monoisotopic (exact) mass is 304 g/mol. The molecular formula is C13H15Cl2FN2O. The van der Waals surface area contributed by atoms with Crippen LogP contribution in [0.4, 0.5) is 10.1 Å². The van der Waals surface area contributed by atoms with Crippen LogP contribution in [-0.2, 0) is 4.79 Å². The predicted octanol–water partition coefficient (Wildman–Crippen LogP) is 3.37. The van der Waals surface area contributed by atoms with E-state index < -0.39 is 6.17 Å². The molecule has 6 heteroatoms. The molecule has 0 aromatic heterocycles. The molecule has 0 saturated carbocycles. The van der Waals surface area contributed by atoms with Crippen molar-refractivity contribution in [3.8, 4) is 0 Å². The maximum Gasteiger partial charge on any atom is 0.238 e. The third-order valence-electron chi connectivity index (χ3n) is 3.03. The quantitative estimate of drug-likeness (QED) is 0.928. The number of nitrogens with one attached hydrogen (secondary N) is 1. The van der Waals surface area contributed by atoms with Gasteiger partial charge >= 0.3 is 0 Å². The number of benzene rings is 1. The first kappa shape index (κ1) is 14.6. The summed E-state index contributed by atoms with van der Waals surface area (Å²) >= 11 is 11.7. The van der Waals surface area contributed by atoms with Gasteiger partial charge in [-0.25, -0.2) is 4.39 Å². The molecule has 1 heterocycles. The minimum Gasteiger partial charge on any atom is -0.325 e. The standard InChI is InChI=1S/C13H15Cl2FN2O/c14-9-5-10(15)7-12(6-9)17-13(19)8-18-3-1-11(16)2-4-18/h5-7,11H,1-4,8H2,(H,17,19). The van der Waals surface area contributed by atoms with Gasteiger partial charge in [0.05, 0.1) is 6.54 Å². The van der Waals surface area contributed by atoms with Crippen LogP contribution < -0.4 is 5.32 Å². The van der Waals surface area contributed by atoms with Gasteiger partial charge in [-0.15, -0.1) is 0 Å². The minimum atomic E-state index is -0.731. The summed E-state index contributed by atoms with van der Waals surface area (Å²) in [6.45, 7) is 1.49. The number of likely N-dealkylation sites (tertiary alicyclic amines) is 1. The molecule has 1 saturated heterocycles. The van der Waals surface area contributed by atoms with Crippen molar-refractivity contribution in [2.24, 2.45) is 0 Å². The van der Waals surface area contributed by atoms with Crippen LogP contribution in [0.25, 0.3) is 0 Å². The zero-order chi connectivity index (χ0) is 13.8. The summed E-state index contributed by atoms with van der Waals surface area (Å²) in [6.07, 6.45) is 0.262. The van der Waals surface area contributed by atoms with E-state index >= 15 is 0 Å². The van der Waals surface area contributed by atoms with E-state index in [2.05, 4.69) is 5.32 Å². The Hall–Kier alpha value is -0.840. The lowest BCUT2D eigenvalue weighted by atomic mass is 10.1. The van der Waals surface area contributed by atoms with E-state index in [4.69, 9.17) is 23.2 Å². The normalized spacial score (nSPS) is 17.4. The van der Waals surface area contributed by atoms with Crippen LogP contribution in [0, 0.1) is 0 Å². The molecule has 0 unspecified atom stereocenters. The Morgan fingerprint density at radius 1 is 1.26 bits per heavy atom. The fraction of sp³-hybridized carbons (Fsp3) is 0.462. The minimum absolute atomic E-state index is 0.143. The smallest absolute Gasteiger partial charge is 0.238 e. The lowest BCUT2D eigenvalue weighted by molar-refractivity contribution is -0.117. The molecule has 1 amide bonds. The molecule has 1 fully saturated rings. The van der Waals surface area contributed by atoms with E-state index in [1.807, 2.05) is 4.90 Å². The average Bonchev–Trinajstić information content (AvgIpc) is 2.30. The molecule has 1 N–H and O–H groups in total. The van der Waals surface area contributed by atoms with Crippen LogP contribution in [0.5, 0.6) is 0 Å². The highest BCUT2D eigenvalue weighted by atomic mass is 35.5. The van der Waals surface area contributed by atoms with Gasteiger partial charge in [-0.3, -0.25) is 9.69 Å². The Morgan fingerprint density at radius 2 is 1.84 bits per heavy atom. The van der Waals surface area contributed by atoms with Gasteiger partial charge in [0.25, 0.3) is 0 Å². The number of piperidine rings is 1. The van der Waals surface area contributed by atoms with Crippen molar-refractivity contribution < 1.29 is 9.18 Å². The second-order valence-electron chi connectivity index (χ2n) is 4.66. The number of halogens is 3. The molecule has 0 spiro atoms. The molecule has 0 radical (unpaired) electrons. The van der Waals surface area contributed by atoms with Crippen molar-refractivity contribution in [2.45, 2.75) is 19.0 Å². The Balaban J connectivity index is 1.87. The lowest BCUT2D eigenvalue weighted by Crippen LogP contribution is -2.39. The van der Waals surface area contributed by atoms with E-state index in [1.54, 1.807) is 18.2 Å². The Labute approximate surface area is 121 Å². The van der Waals surface area contributed by atoms with Gasteiger partial charge in [0, 0.05) is 28.8 Å². The topological polar surface area (TPSA) is 32.3 Å². The summed E-state index contributed by atoms with van der Waals surface area (Å²) in [4.78, 5) is 13.8. The summed E-state index contributed by atoms with van der Waals surface area (Å²) in [7, 11) is 0. The van der Waals surface area contributed by atoms with E-state index in [9.17, 15) is 9.18 Å². The number of carbonyl (C=O) groups is 1. The van der Waals surface area contributed by atoms with Gasteiger partial charge in [-0.2, -0.15) is 0 Å². The molecule has 19 heavy (non-hydrogen) atoms. The Kier molecular flexibility index (Phi) is 5.02. The molecule has 2 rings (SSSR count). The fourth-order valence-electron chi connectivity index (χ4n) is 2.09. The molecule has 3 nitrogen and oxygen atoms in total. The fourth-order valence-corrected chi connectivity index (χ4v) is 2.62. The highest BCUT2D eigenvalue weighted by Gasteiger charge is 2.20. The van der Waals surface area contributed by atoms with Crippen LogP contribution in [0.15, 0.2) is 18.2 Å².